The van der Waals surface area contributed by atoms with Gasteiger partial charge in [-0.3, -0.25) is 9.59 Å². The van der Waals surface area contributed by atoms with Gasteiger partial charge in [0.25, 0.3) is 0 Å². The third-order valence-electron chi connectivity index (χ3n) is 1.49. The monoisotopic (exact) mass is 192 g/mol. The lowest BCUT2D eigenvalue weighted by molar-refractivity contribution is -0.128. The van der Waals surface area contributed by atoms with Crippen LogP contribution in [-0.2, 0) is 9.59 Å². The molecule has 0 aromatic rings. The molecule has 0 bridgehead atoms. The molecule has 0 unspecified atom stereocenters. The first-order valence-corrected chi connectivity index (χ1v) is 4.15. The molecule has 0 fully saturated rings. The SMILES string of the molecule is CNC(=O)CCN(C)C(=O)CCl. The van der Waals surface area contributed by atoms with Crippen LogP contribution in [0.5, 0.6) is 0 Å². The third kappa shape index (κ3) is 4.18. The number of amides is 2. The molecule has 0 atom stereocenters. The molecule has 0 aromatic carbocycles. The molecule has 0 saturated carbocycles. The van der Waals surface area contributed by atoms with Crippen LogP contribution in [0.25, 0.3) is 0 Å². The Kier molecular flexibility index (Phi) is 5.45. The second-order valence-corrected chi connectivity index (χ2v) is 2.64. The fraction of sp³-hybridized carbons (Fsp3) is 0.714. The molecule has 0 rings (SSSR count). The smallest absolute Gasteiger partial charge is 0.237 e. The summed E-state index contributed by atoms with van der Waals surface area (Å²) in [5.74, 6) is -0.283. The molecule has 0 aromatic heterocycles. The van der Waals surface area contributed by atoms with Gasteiger partial charge in [-0.1, -0.05) is 0 Å². The fourth-order valence-corrected chi connectivity index (χ4v) is 0.825. The van der Waals surface area contributed by atoms with Gasteiger partial charge in [-0.05, 0) is 0 Å². The summed E-state index contributed by atoms with van der Waals surface area (Å²) in [6.07, 6.45) is 0.315. The molecule has 0 heterocycles. The first kappa shape index (κ1) is 11.2. The summed E-state index contributed by atoms with van der Waals surface area (Å²) < 4.78 is 0. The van der Waals surface area contributed by atoms with E-state index in [2.05, 4.69) is 5.32 Å². The number of rotatable bonds is 4. The molecule has 0 radical (unpaired) electrons. The normalized spacial score (nSPS) is 9.25. The van der Waals surface area contributed by atoms with E-state index < -0.39 is 0 Å². The van der Waals surface area contributed by atoms with Gasteiger partial charge >= 0.3 is 0 Å². The van der Waals surface area contributed by atoms with Crippen molar-refractivity contribution in [1.29, 1.82) is 0 Å². The van der Waals surface area contributed by atoms with Crippen molar-refractivity contribution < 1.29 is 9.59 Å². The van der Waals surface area contributed by atoms with E-state index in [9.17, 15) is 9.59 Å². The summed E-state index contributed by atoms with van der Waals surface area (Å²) in [6.45, 7) is 0.408. The minimum absolute atomic E-state index is 0.0375. The van der Waals surface area contributed by atoms with Crippen molar-refractivity contribution in [2.45, 2.75) is 6.42 Å². The van der Waals surface area contributed by atoms with E-state index in [1.54, 1.807) is 14.1 Å². The minimum Gasteiger partial charge on any atom is -0.359 e. The largest absolute Gasteiger partial charge is 0.359 e. The van der Waals surface area contributed by atoms with Gasteiger partial charge in [-0.25, -0.2) is 0 Å². The van der Waals surface area contributed by atoms with E-state index in [0.29, 0.717) is 13.0 Å². The Bertz CT molecular complexity index is 173. The molecule has 2 amide bonds. The van der Waals surface area contributed by atoms with Gasteiger partial charge in [0.05, 0.1) is 0 Å². The van der Waals surface area contributed by atoms with Gasteiger partial charge < -0.3 is 10.2 Å². The molecule has 0 aliphatic heterocycles. The van der Waals surface area contributed by atoms with Crippen LogP contribution in [0.3, 0.4) is 0 Å². The van der Waals surface area contributed by atoms with Crippen LogP contribution in [0.15, 0.2) is 0 Å². The Hall–Kier alpha value is -0.770. The molecule has 0 aliphatic carbocycles. The van der Waals surface area contributed by atoms with E-state index >= 15 is 0 Å². The molecule has 0 saturated heterocycles. The number of carbonyl (C=O) groups excluding carboxylic acids is 2. The van der Waals surface area contributed by atoms with E-state index in [4.69, 9.17) is 11.6 Å². The number of nitrogens with zero attached hydrogens (tertiary/aromatic N) is 1. The second kappa shape index (κ2) is 5.83. The lowest BCUT2D eigenvalue weighted by Gasteiger charge is -2.14. The zero-order valence-electron chi connectivity index (χ0n) is 7.26. The first-order chi connectivity index (χ1) is 5.61. The van der Waals surface area contributed by atoms with Crippen molar-refractivity contribution in [1.82, 2.24) is 10.2 Å². The van der Waals surface area contributed by atoms with Crippen LogP contribution in [0.1, 0.15) is 6.42 Å². The molecule has 12 heavy (non-hydrogen) atoms. The zero-order chi connectivity index (χ0) is 9.56. The summed E-state index contributed by atoms with van der Waals surface area (Å²) in [5.41, 5.74) is 0. The van der Waals surface area contributed by atoms with Gasteiger partial charge in [-0.15, -0.1) is 11.6 Å². The quantitative estimate of drug-likeness (QED) is 0.629. The second-order valence-electron chi connectivity index (χ2n) is 2.37. The zero-order valence-corrected chi connectivity index (χ0v) is 8.02. The van der Waals surface area contributed by atoms with Crippen molar-refractivity contribution >= 4 is 23.4 Å². The molecule has 0 spiro atoms. The highest BCUT2D eigenvalue weighted by Gasteiger charge is 2.07. The Morgan fingerprint density at radius 2 is 2.08 bits per heavy atom. The average Bonchev–Trinajstić information content (AvgIpc) is 2.11. The van der Waals surface area contributed by atoms with Gasteiger partial charge in [0.15, 0.2) is 0 Å². The summed E-state index contributed by atoms with van der Waals surface area (Å²) in [7, 11) is 3.18. The van der Waals surface area contributed by atoms with Gasteiger partial charge in [0, 0.05) is 27.1 Å². The van der Waals surface area contributed by atoms with Crippen LogP contribution in [-0.4, -0.2) is 43.2 Å². The highest BCUT2D eigenvalue weighted by Crippen LogP contribution is 1.90. The van der Waals surface area contributed by atoms with E-state index in [1.165, 1.54) is 4.90 Å². The van der Waals surface area contributed by atoms with Crippen molar-refractivity contribution in [3.63, 3.8) is 0 Å². The number of halogens is 1. The number of carbonyl (C=O) groups is 2. The van der Waals surface area contributed by atoms with E-state index in [-0.39, 0.29) is 17.7 Å². The van der Waals surface area contributed by atoms with Crippen molar-refractivity contribution in [2.75, 3.05) is 26.5 Å². The molecule has 70 valence electrons. The Morgan fingerprint density at radius 3 is 2.50 bits per heavy atom. The highest BCUT2D eigenvalue weighted by atomic mass is 35.5. The Balaban J connectivity index is 3.63. The molecule has 5 heteroatoms. The topological polar surface area (TPSA) is 49.4 Å². The van der Waals surface area contributed by atoms with Crippen LogP contribution in [0.4, 0.5) is 0 Å². The standard InChI is InChI=1S/C7H13ClN2O2/c1-9-6(11)3-4-10(2)7(12)5-8/h3-5H2,1-2H3,(H,9,11). The van der Waals surface area contributed by atoms with Crippen molar-refractivity contribution in [3.8, 4) is 0 Å². The summed E-state index contributed by atoms with van der Waals surface area (Å²) in [4.78, 5) is 23.1. The number of nitrogens with one attached hydrogen (secondary N) is 1. The summed E-state index contributed by atoms with van der Waals surface area (Å²) in [6, 6.07) is 0. The van der Waals surface area contributed by atoms with Crippen molar-refractivity contribution in [3.05, 3.63) is 0 Å². The summed E-state index contributed by atoms with van der Waals surface area (Å²) >= 11 is 5.30. The van der Waals surface area contributed by atoms with E-state index in [1.807, 2.05) is 0 Å². The fourth-order valence-electron chi connectivity index (χ4n) is 0.621. The van der Waals surface area contributed by atoms with Crippen LogP contribution >= 0.6 is 11.6 Å². The van der Waals surface area contributed by atoms with Crippen LogP contribution in [0.2, 0.25) is 0 Å². The maximum absolute atomic E-state index is 10.9. The highest BCUT2D eigenvalue weighted by molar-refractivity contribution is 6.27. The van der Waals surface area contributed by atoms with E-state index in [0.717, 1.165) is 0 Å². The number of alkyl halides is 1. The van der Waals surface area contributed by atoms with Gasteiger partial charge in [-0.2, -0.15) is 0 Å². The minimum atomic E-state index is -0.166. The van der Waals surface area contributed by atoms with Crippen molar-refractivity contribution in [2.24, 2.45) is 0 Å². The average molecular weight is 193 g/mol. The maximum atomic E-state index is 10.9. The number of hydrogen-bond acceptors (Lipinski definition) is 2. The van der Waals surface area contributed by atoms with Crippen LogP contribution < -0.4 is 5.32 Å². The van der Waals surface area contributed by atoms with Gasteiger partial charge in [0.1, 0.15) is 5.88 Å². The Labute approximate surface area is 76.9 Å². The number of hydrogen-bond donors (Lipinski definition) is 1. The predicted molar refractivity (Wildman–Crippen MR) is 47.0 cm³/mol. The van der Waals surface area contributed by atoms with Crippen LogP contribution in [0, 0.1) is 0 Å². The molecular weight excluding hydrogens is 180 g/mol. The lowest BCUT2D eigenvalue weighted by atomic mass is 10.4. The predicted octanol–water partition coefficient (Wildman–Crippen LogP) is -0.180. The molecule has 1 N–H and O–H groups in total. The first-order valence-electron chi connectivity index (χ1n) is 3.62. The third-order valence-corrected chi connectivity index (χ3v) is 1.72. The Morgan fingerprint density at radius 1 is 1.50 bits per heavy atom. The molecule has 0 aliphatic rings. The maximum Gasteiger partial charge on any atom is 0.237 e. The molecule has 4 nitrogen and oxygen atoms in total. The molecular formula is C7H13ClN2O2. The summed E-state index contributed by atoms with van der Waals surface area (Å²) in [5, 5.41) is 2.47. The lowest BCUT2D eigenvalue weighted by Crippen LogP contribution is -2.32. The van der Waals surface area contributed by atoms with Gasteiger partial charge in [0.2, 0.25) is 11.8 Å².